The molecule has 2 rings (SSSR count). The number of benzene rings is 2. The number of esters is 1. The minimum Gasteiger partial charge on any atom is -1.00 e. The summed E-state index contributed by atoms with van der Waals surface area (Å²) < 4.78 is 44.8. The van der Waals surface area contributed by atoms with Gasteiger partial charge in [-0.25, -0.2) is 0 Å². The van der Waals surface area contributed by atoms with E-state index in [4.69, 9.17) is 10.5 Å². The number of hydrogen-bond acceptors (Lipinski definition) is 3. The Balaban J connectivity index is -0.000000149. The Kier molecular flexibility index (Phi) is 37.5. The average Bonchev–Trinajstić information content (AvgIpc) is 3.01. The van der Waals surface area contributed by atoms with Gasteiger partial charge in [-0.05, 0) is 57.0 Å². The normalized spacial score (nSPS) is 11.9. The van der Waals surface area contributed by atoms with Crippen LogP contribution in [0.3, 0.4) is 0 Å². The molecule has 6 nitrogen and oxygen atoms in total. The quantitative estimate of drug-likeness (QED) is 0.232. The Morgan fingerprint density at radius 3 is 1.68 bits per heavy atom. The van der Waals surface area contributed by atoms with E-state index in [9.17, 15) is 18.0 Å². The zero-order valence-electron chi connectivity index (χ0n) is 32.5. The van der Waals surface area contributed by atoms with Crippen LogP contribution >= 0.6 is 17.0 Å². The summed E-state index contributed by atoms with van der Waals surface area (Å²) in [6, 6.07) is 15.4. The second-order valence-electron chi connectivity index (χ2n) is 13.6. The highest BCUT2D eigenvalue weighted by molar-refractivity contribution is 8.93. The van der Waals surface area contributed by atoms with Gasteiger partial charge in [0.2, 0.25) is 0 Å². The summed E-state index contributed by atoms with van der Waals surface area (Å²) in [7, 11) is 13.9. The molecule has 2 aromatic rings. The summed E-state index contributed by atoms with van der Waals surface area (Å²) in [5, 5.41) is 0. The molecule has 2 atom stereocenters. The Morgan fingerprint density at radius 1 is 0.880 bits per heavy atom. The Hall–Kier alpha value is -0.800. The predicted molar refractivity (Wildman–Crippen MR) is 201 cm³/mol. The first kappa shape index (κ1) is 61.2. The van der Waals surface area contributed by atoms with Crippen LogP contribution in [0.1, 0.15) is 64.5 Å². The molecule has 0 aliphatic carbocycles. The van der Waals surface area contributed by atoms with Gasteiger partial charge in [0, 0.05) is 6.07 Å². The Labute approximate surface area is 345 Å². The van der Waals surface area contributed by atoms with Gasteiger partial charge in [0.1, 0.15) is 18.8 Å². The van der Waals surface area contributed by atoms with Crippen molar-refractivity contribution in [1.82, 2.24) is 4.48 Å². The lowest BCUT2D eigenvalue weighted by atomic mass is 9.86. The average molecular weight is 977 g/mol. The summed E-state index contributed by atoms with van der Waals surface area (Å²) >= 11 is 0. The number of rotatable bonds is 12. The van der Waals surface area contributed by atoms with Gasteiger partial charge in [0.25, 0.3) is 0 Å². The molecule has 2 aromatic carbocycles. The van der Waals surface area contributed by atoms with Crippen molar-refractivity contribution in [3.05, 3.63) is 78.5 Å². The largest absolute Gasteiger partial charge is 1.00 e. The SMILES string of the molecule is Br.C=C[N+](C)(C)C.CCC(C)C(C(=O)OCC[N+](C)(CC)CC)c1ccccc1.CCCN.C[N+](C)(C)c1cccc(C(F)(F)F)c1.[Br-].[Br-].[Br-]. The maximum Gasteiger partial charge on any atom is 0.416 e. The van der Waals surface area contributed by atoms with Crippen molar-refractivity contribution in [1.29, 1.82) is 0 Å². The van der Waals surface area contributed by atoms with Gasteiger partial charge < -0.3 is 70.4 Å². The molecule has 2 unspecified atom stereocenters. The molecule has 0 saturated heterocycles. The summed E-state index contributed by atoms with van der Waals surface area (Å²) in [6.45, 7) is 18.6. The third kappa shape index (κ3) is 27.8. The molecular formula is C37H67Br4F3N4O2. The number of carbonyl (C=O) groups excluding carboxylic acids is 1. The lowest BCUT2D eigenvalue weighted by Gasteiger charge is -2.32. The molecule has 0 aromatic heterocycles. The molecule has 50 heavy (non-hydrogen) atoms. The van der Waals surface area contributed by atoms with Gasteiger partial charge in [-0.2, -0.15) is 13.2 Å². The van der Waals surface area contributed by atoms with Gasteiger partial charge in [0.05, 0.1) is 80.1 Å². The molecule has 0 amide bonds. The number of halogens is 7. The van der Waals surface area contributed by atoms with E-state index in [-0.39, 0.29) is 85.7 Å². The molecule has 2 N–H and O–H groups in total. The number of alkyl halides is 3. The van der Waals surface area contributed by atoms with Crippen LogP contribution in [0.15, 0.2) is 67.4 Å². The van der Waals surface area contributed by atoms with E-state index in [1.165, 1.54) is 12.1 Å². The molecule has 0 saturated carbocycles. The molecule has 0 fully saturated rings. The Bertz CT molecular complexity index is 1080. The number of quaternary nitrogens is 3. The fourth-order valence-corrected chi connectivity index (χ4v) is 3.69. The highest BCUT2D eigenvalue weighted by Gasteiger charge is 2.32. The summed E-state index contributed by atoms with van der Waals surface area (Å²) in [5.41, 5.74) is 6.13. The van der Waals surface area contributed by atoms with E-state index in [2.05, 4.69) is 69.4 Å². The van der Waals surface area contributed by atoms with E-state index in [1.807, 2.05) is 57.7 Å². The third-order valence-electron chi connectivity index (χ3n) is 7.81. The molecule has 0 aliphatic heterocycles. The number of nitrogens with two attached hydrogens (primary N) is 1. The molecule has 0 aliphatic rings. The van der Waals surface area contributed by atoms with Crippen LogP contribution in [0.4, 0.5) is 18.9 Å². The predicted octanol–water partition coefficient (Wildman–Crippen LogP) is -0.471. The van der Waals surface area contributed by atoms with Crippen LogP contribution < -0.4 is 61.2 Å². The summed E-state index contributed by atoms with van der Waals surface area (Å²) in [4.78, 5) is 12.6. The smallest absolute Gasteiger partial charge is 0.416 e. The van der Waals surface area contributed by atoms with Crippen LogP contribution in [0, 0.1) is 5.92 Å². The summed E-state index contributed by atoms with van der Waals surface area (Å²) in [5.74, 6) is 0.0423. The molecule has 0 spiro atoms. The fraction of sp³-hybridized carbons (Fsp3) is 0.595. The maximum absolute atomic E-state index is 12.6. The van der Waals surface area contributed by atoms with Crippen LogP contribution in [-0.2, 0) is 15.7 Å². The van der Waals surface area contributed by atoms with Gasteiger partial charge in [-0.3, -0.25) is 9.28 Å². The topological polar surface area (TPSA) is 52.3 Å². The zero-order valence-corrected chi connectivity index (χ0v) is 39.0. The van der Waals surface area contributed by atoms with Crippen molar-refractivity contribution >= 4 is 28.6 Å². The van der Waals surface area contributed by atoms with Crippen molar-refractivity contribution in [3.8, 4) is 0 Å². The first-order valence-corrected chi connectivity index (χ1v) is 16.3. The molecular weight excluding hydrogens is 909 g/mol. The van der Waals surface area contributed by atoms with Crippen LogP contribution in [-0.4, -0.2) is 97.1 Å². The lowest BCUT2D eigenvalue weighted by Crippen LogP contribution is -3.00. The van der Waals surface area contributed by atoms with E-state index < -0.39 is 11.7 Å². The number of carbonyl (C=O) groups is 1. The van der Waals surface area contributed by atoms with Crippen molar-refractivity contribution in [2.75, 3.05) is 82.1 Å². The summed E-state index contributed by atoms with van der Waals surface area (Å²) in [6.07, 6.45) is -0.322. The fourth-order valence-electron chi connectivity index (χ4n) is 3.69. The first-order valence-electron chi connectivity index (χ1n) is 16.3. The molecule has 0 heterocycles. The third-order valence-corrected chi connectivity index (χ3v) is 7.81. The molecule has 0 radical (unpaired) electrons. The van der Waals surface area contributed by atoms with Crippen LogP contribution in [0.2, 0.25) is 0 Å². The standard InChI is InChI=1S/C19H32NO2.C10H13F3N.C5H12N.C3H9N.4BrH/c1-6-16(4)18(17-12-10-9-11-13-17)19(21)22-15-14-20(5,7-2)8-3;1-14(2,3)9-6-4-5-8(7-9)10(11,12)13;1-5-6(2,3)4;1-2-3-4;;;;/h9-13,16,18H,6-8,14-15H2,1-5H3;4-7H,1-3H3;5H,1H2,2-4H3;2-4H2,1H3;4*1H/q3*+1;;;;;/p-3. The Morgan fingerprint density at radius 2 is 1.34 bits per heavy atom. The molecule has 0 bridgehead atoms. The van der Waals surface area contributed by atoms with Gasteiger partial charge >= 0.3 is 12.1 Å². The monoisotopic (exact) mass is 972 g/mol. The van der Waals surface area contributed by atoms with Crippen molar-refractivity contribution in [3.63, 3.8) is 0 Å². The lowest BCUT2D eigenvalue weighted by molar-refractivity contribution is -0.906. The van der Waals surface area contributed by atoms with Crippen molar-refractivity contribution < 1.29 is 82.6 Å². The second kappa shape index (κ2) is 30.6. The van der Waals surface area contributed by atoms with Crippen molar-refractivity contribution in [2.45, 2.75) is 59.6 Å². The zero-order chi connectivity index (χ0) is 36.2. The van der Waals surface area contributed by atoms with Gasteiger partial charge in [-0.15, -0.1) is 17.0 Å². The van der Waals surface area contributed by atoms with Gasteiger partial charge in [-0.1, -0.05) is 63.6 Å². The number of likely N-dealkylation sites (N-methyl/N-ethyl adjacent to an activating group) is 1. The highest BCUT2D eigenvalue weighted by atomic mass is 79.9. The van der Waals surface area contributed by atoms with Crippen LogP contribution in [0.5, 0.6) is 0 Å². The number of hydrogen-bond donors (Lipinski definition) is 1. The maximum atomic E-state index is 12.6. The minimum absolute atomic E-state index is 0. The van der Waals surface area contributed by atoms with E-state index in [1.54, 1.807) is 6.07 Å². The van der Waals surface area contributed by atoms with Crippen molar-refractivity contribution in [2.24, 2.45) is 11.7 Å². The van der Waals surface area contributed by atoms with Crippen LogP contribution in [0.25, 0.3) is 0 Å². The van der Waals surface area contributed by atoms with E-state index in [0.29, 0.717) is 16.8 Å². The molecule has 296 valence electrons. The second-order valence-corrected chi connectivity index (χ2v) is 13.6. The van der Waals surface area contributed by atoms with E-state index >= 15 is 0 Å². The van der Waals surface area contributed by atoms with Gasteiger partial charge in [0.15, 0.2) is 0 Å². The highest BCUT2D eigenvalue weighted by Crippen LogP contribution is 2.32. The van der Waals surface area contributed by atoms with E-state index in [0.717, 1.165) is 59.6 Å². The molecule has 13 heteroatoms. The minimum atomic E-state index is -4.26. The first-order chi connectivity index (χ1) is 21.2. The number of ether oxygens (including phenoxy) is 1. The number of nitrogens with zero attached hydrogens (tertiary/aromatic N) is 3.